The van der Waals surface area contributed by atoms with E-state index in [4.69, 9.17) is 0 Å². The van der Waals surface area contributed by atoms with Gasteiger partial charge in [0.25, 0.3) is 0 Å². The van der Waals surface area contributed by atoms with Crippen molar-refractivity contribution in [1.82, 2.24) is 15.0 Å². The van der Waals surface area contributed by atoms with E-state index in [2.05, 4.69) is 15.0 Å². The van der Waals surface area contributed by atoms with Crippen molar-refractivity contribution in [2.75, 3.05) is 0 Å². The molecule has 0 amide bonds. The lowest BCUT2D eigenvalue weighted by molar-refractivity contribution is 0.0697. The number of aromatic carboxylic acids is 1. The van der Waals surface area contributed by atoms with Crippen LogP contribution in [-0.2, 0) is 0 Å². The third-order valence-corrected chi connectivity index (χ3v) is 3.03. The van der Waals surface area contributed by atoms with Gasteiger partial charge < -0.3 is 5.11 Å². The van der Waals surface area contributed by atoms with E-state index in [-0.39, 0.29) is 22.9 Å². The first-order valence-corrected chi connectivity index (χ1v) is 6.43. The summed E-state index contributed by atoms with van der Waals surface area (Å²) in [5.74, 6) is -1.30. The van der Waals surface area contributed by atoms with E-state index >= 15 is 0 Å². The van der Waals surface area contributed by atoms with Gasteiger partial charge in [0.05, 0.1) is 11.3 Å². The van der Waals surface area contributed by atoms with Crippen molar-refractivity contribution in [1.29, 1.82) is 0 Å². The Balaban J connectivity index is 2.11. The van der Waals surface area contributed by atoms with Gasteiger partial charge in [-0.05, 0) is 30.3 Å². The molecule has 3 rings (SSSR count). The van der Waals surface area contributed by atoms with Crippen LogP contribution in [0, 0.1) is 5.82 Å². The standard InChI is InChI=1S/C16H10FN3O2/c17-11-4-1-3-10(9-11)13-6-8-19-15(20-13)14-12(16(21)22)5-2-7-18-14/h1-9H,(H,21,22). The Hall–Kier alpha value is -3.15. The molecule has 0 aliphatic rings. The summed E-state index contributed by atoms with van der Waals surface area (Å²) >= 11 is 0. The number of nitrogens with zero attached hydrogens (tertiary/aromatic N) is 3. The molecule has 108 valence electrons. The van der Waals surface area contributed by atoms with Crippen molar-refractivity contribution in [3.05, 3.63) is 66.2 Å². The zero-order chi connectivity index (χ0) is 15.5. The van der Waals surface area contributed by atoms with Crippen molar-refractivity contribution in [2.45, 2.75) is 0 Å². The predicted octanol–water partition coefficient (Wildman–Crippen LogP) is 3.04. The fraction of sp³-hybridized carbons (Fsp3) is 0. The number of benzene rings is 1. The number of pyridine rings is 1. The Bertz CT molecular complexity index is 852. The van der Waals surface area contributed by atoms with Crippen LogP contribution in [0.25, 0.3) is 22.8 Å². The fourth-order valence-electron chi connectivity index (χ4n) is 2.04. The number of hydrogen-bond donors (Lipinski definition) is 1. The van der Waals surface area contributed by atoms with E-state index in [1.807, 2.05) is 0 Å². The van der Waals surface area contributed by atoms with Gasteiger partial charge in [-0.2, -0.15) is 0 Å². The Morgan fingerprint density at radius 3 is 2.68 bits per heavy atom. The first kappa shape index (κ1) is 13.8. The number of carboxylic acid groups (broad SMARTS) is 1. The third-order valence-electron chi connectivity index (χ3n) is 3.03. The van der Waals surface area contributed by atoms with Crippen molar-refractivity contribution in [2.24, 2.45) is 0 Å². The van der Waals surface area contributed by atoms with Crippen LogP contribution >= 0.6 is 0 Å². The van der Waals surface area contributed by atoms with E-state index in [9.17, 15) is 14.3 Å². The van der Waals surface area contributed by atoms with Gasteiger partial charge >= 0.3 is 5.97 Å². The quantitative estimate of drug-likeness (QED) is 0.803. The van der Waals surface area contributed by atoms with Gasteiger partial charge in [-0.3, -0.25) is 4.98 Å². The molecule has 0 spiro atoms. The van der Waals surface area contributed by atoms with Crippen LogP contribution in [-0.4, -0.2) is 26.0 Å². The summed E-state index contributed by atoms with van der Waals surface area (Å²) in [5, 5.41) is 9.20. The first-order valence-electron chi connectivity index (χ1n) is 6.43. The van der Waals surface area contributed by atoms with Crippen LogP contribution in [0.3, 0.4) is 0 Å². The van der Waals surface area contributed by atoms with Crippen molar-refractivity contribution < 1.29 is 14.3 Å². The molecule has 0 aliphatic carbocycles. The number of carbonyl (C=O) groups is 1. The topological polar surface area (TPSA) is 76.0 Å². The average molecular weight is 295 g/mol. The summed E-state index contributed by atoms with van der Waals surface area (Å²) in [5.41, 5.74) is 1.26. The zero-order valence-corrected chi connectivity index (χ0v) is 11.3. The van der Waals surface area contributed by atoms with Crippen LogP contribution in [0.1, 0.15) is 10.4 Å². The van der Waals surface area contributed by atoms with Crippen LogP contribution < -0.4 is 0 Å². The highest BCUT2D eigenvalue weighted by Crippen LogP contribution is 2.22. The second kappa shape index (κ2) is 5.69. The van der Waals surface area contributed by atoms with Crippen LogP contribution in [0.2, 0.25) is 0 Å². The predicted molar refractivity (Wildman–Crippen MR) is 77.6 cm³/mol. The maximum Gasteiger partial charge on any atom is 0.338 e. The molecule has 1 N–H and O–H groups in total. The minimum atomic E-state index is -1.11. The molecule has 0 aliphatic heterocycles. The lowest BCUT2D eigenvalue weighted by atomic mass is 10.1. The Labute approximate surface area is 125 Å². The number of rotatable bonds is 3. The number of hydrogen-bond acceptors (Lipinski definition) is 4. The van der Waals surface area contributed by atoms with E-state index in [1.165, 1.54) is 36.7 Å². The highest BCUT2D eigenvalue weighted by atomic mass is 19.1. The summed E-state index contributed by atoms with van der Waals surface area (Å²) in [6.45, 7) is 0. The van der Waals surface area contributed by atoms with Gasteiger partial charge in [-0.25, -0.2) is 19.2 Å². The minimum Gasteiger partial charge on any atom is -0.478 e. The lowest BCUT2D eigenvalue weighted by Gasteiger charge is -2.06. The van der Waals surface area contributed by atoms with E-state index in [0.717, 1.165) is 0 Å². The molecule has 0 saturated heterocycles. The molecular weight excluding hydrogens is 285 g/mol. The first-order chi connectivity index (χ1) is 10.6. The van der Waals surface area contributed by atoms with Gasteiger partial charge in [-0.15, -0.1) is 0 Å². The molecular formula is C16H10FN3O2. The van der Waals surface area contributed by atoms with Crippen LogP contribution in [0.15, 0.2) is 54.9 Å². The van der Waals surface area contributed by atoms with Gasteiger partial charge in [0.15, 0.2) is 5.82 Å². The maximum atomic E-state index is 13.3. The molecule has 2 heterocycles. The molecule has 1 aromatic carbocycles. The zero-order valence-electron chi connectivity index (χ0n) is 11.3. The van der Waals surface area contributed by atoms with E-state index < -0.39 is 5.97 Å². The molecule has 3 aromatic rings. The Kier molecular flexibility index (Phi) is 3.57. The minimum absolute atomic E-state index is 0.0129. The molecule has 0 bridgehead atoms. The molecule has 6 heteroatoms. The highest BCUT2D eigenvalue weighted by molar-refractivity contribution is 5.93. The third kappa shape index (κ3) is 2.67. The van der Waals surface area contributed by atoms with Crippen molar-refractivity contribution in [3.8, 4) is 22.8 Å². The molecule has 2 aromatic heterocycles. The summed E-state index contributed by atoms with van der Waals surface area (Å²) in [7, 11) is 0. The molecule has 5 nitrogen and oxygen atoms in total. The molecule has 22 heavy (non-hydrogen) atoms. The van der Waals surface area contributed by atoms with E-state index in [1.54, 1.807) is 18.2 Å². The smallest absolute Gasteiger partial charge is 0.338 e. The SMILES string of the molecule is O=C(O)c1cccnc1-c1nccc(-c2cccc(F)c2)n1. The molecule has 0 saturated carbocycles. The number of halogens is 1. The number of carboxylic acids is 1. The van der Waals surface area contributed by atoms with E-state index in [0.29, 0.717) is 11.3 Å². The normalized spacial score (nSPS) is 10.4. The monoisotopic (exact) mass is 295 g/mol. The summed E-state index contributed by atoms with van der Waals surface area (Å²) < 4.78 is 13.3. The molecule has 0 radical (unpaired) electrons. The van der Waals surface area contributed by atoms with Crippen molar-refractivity contribution in [3.63, 3.8) is 0 Å². The van der Waals surface area contributed by atoms with Crippen molar-refractivity contribution >= 4 is 5.97 Å². The summed E-state index contributed by atoms with van der Waals surface area (Å²) in [6.07, 6.45) is 2.96. The summed E-state index contributed by atoms with van der Waals surface area (Å²) in [6, 6.07) is 10.6. The highest BCUT2D eigenvalue weighted by Gasteiger charge is 2.15. The van der Waals surface area contributed by atoms with Crippen LogP contribution in [0.4, 0.5) is 4.39 Å². The molecule has 0 atom stereocenters. The maximum absolute atomic E-state index is 13.3. The largest absolute Gasteiger partial charge is 0.478 e. The Morgan fingerprint density at radius 2 is 1.91 bits per heavy atom. The second-order valence-corrected chi connectivity index (χ2v) is 4.48. The van der Waals surface area contributed by atoms with Gasteiger partial charge in [-0.1, -0.05) is 12.1 Å². The summed E-state index contributed by atoms with van der Waals surface area (Å²) in [4.78, 5) is 23.7. The van der Waals surface area contributed by atoms with Gasteiger partial charge in [0.2, 0.25) is 0 Å². The Morgan fingerprint density at radius 1 is 1.05 bits per heavy atom. The fourth-order valence-corrected chi connectivity index (χ4v) is 2.04. The number of aromatic nitrogens is 3. The van der Waals surface area contributed by atoms with Gasteiger partial charge in [0.1, 0.15) is 11.5 Å². The van der Waals surface area contributed by atoms with Crippen LogP contribution in [0.5, 0.6) is 0 Å². The van der Waals surface area contributed by atoms with Gasteiger partial charge in [0, 0.05) is 18.0 Å². The molecule has 0 unspecified atom stereocenters. The average Bonchev–Trinajstić information content (AvgIpc) is 2.55. The second-order valence-electron chi connectivity index (χ2n) is 4.48. The lowest BCUT2D eigenvalue weighted by Crippen LogP contribution is -2.03. The molecule has 0 fully saturated rings.